The van der Waals surface area contributed by atoms with Gasteiger partial charge in [-0.1, -0.05) is 36.8 Å². The average molecular weight is 540 g/mol. The number of amides is 1. The Hall–Kier alpha value is -1.35. The monoisotopic (exact) mass is 539 g/mol. The number of nitrogens with one attached hydrogen (secondary N) is 1. The highest BCUT2D eigenvalue weighted by molar-refractivity contribution is 14.0. The van der Waals surface area contributed by atoms with Crippen LogP contribution in [-0.4, -0.2) is 85.5 Å². The van der Waals surface area contributed by atoms with E-state index in [1.165, 1.54) is 18.4 Å². The van der Waals surface area contributed by atoms with E-state index in [4.69, 9.17) is 4.99 Å². The van der Waals surface area contributed by atoms with Crippen LogP contribution in [0.3, 0.4) is 0 Å². The quantitative estimate of drug-likeness (QED) is 0.343. The van der Waals surface area contributed by atoms with Crippen LogP contribution in [0, 0.1) is 5.92 Å². The molecule has 4 rings (SSSR count). The minimum absolute atomic E-state index is 0. The molecular formula is C24H38IN5O. The second kappa shape index (κ2) is 12.0. The van der Waals surface area contributed by atoms with Gasteiger partial charge in [-0.05, 0) is 31.7 Å². The number of hydrogen-bond acceptors (Lipinski definition) is 3. The lowest BCUT2D eigenvalue weighted by atomic mass is 9.84. The lowest BCUT2D eigenvalue weighted by Crippen LogP contribution is -2.51. The molecule has 1 unspecified atom stereocenters. The predicted molar refractivity (Wildman–Crippen MR) is 137 cm³/mol. The number of aliphatic imine (C=N–C) groups is 1. The first kappa shape index (κ1) is 24.3. The fraction of sp³-hybridized carbons (Fsp3) is 0.667. The summed E-state index contributed by atoms with van der Waals surface area (Å²) in [5, 5.41) is 3.49. The van der Waals surface area contributed by atoms with Gasteiger partial charge in [-0.15, -0.1) is 24.0 Å². The van der Waals surface area contributed by atoms with E-state index >= 15 is 0 Å². The van der Waals surface area contributed by atoms with Crippen molar-refractivity contribution in [2.24, 2.45) is 10.9 Å². The van der Waals surface area contributed by atoms with E-state index in [0.29, 0.717) is 17.7 Å². The number of rotatable bonds is 6. The molecule has 31 heavy (non-hydrogen) atoms. The number of halogens is 1. The van der Waals surface area contributed by atoms with Gasteiger partial charge in [-0.2, -0.15) is 0 Å². The van der Waals surface area contributed by atoms with Crippen molar-refractivity contribution in [2.45, 2.75) is 38.5 Å². The minimum Gasteiger partial charge on any atom is -0.357 e. The molecule has 0 bridgehead atoms. The Labute approximate surface area is 204 Å². The van der Waals surface area contributed by atoms with Gasteiger partial charge >= 0.3 is 0 Å². The predicted octanol–water partition coefficient (Wildman–Crippen LogP) is 3.00. The standard InChI is InChI=1S/C24H37N5O.HI/c1-2-25-24(29-13-11-22(19-29)20-7-4-3-5-8-20)26-12-14-27-15-17-28(18-16-27)23(30)21-9-6-10-21;/h3-5,7-8,21-22H,2,6,9-19H2,1H3,(H,25,26);1H. The van der Waals surface area contributed by atoms with Crippen LogP contribution >= 0.6 is 24.0 Å². The van der Waals surface area contributed by atoms with Gasteiger partial charge in [-0.3, -0.25) is 14.7 Å². The topological polar surface area (TPSA) is 51.2 Å². The Morgan fingerprint density at radius 1 is 1.03 bits per heavy atom. The van der Waals surface area contributed by atoms with Crippen LogP contribution in [0.5, 0.6) is 0 Å². The van der Waals surface area contributed by atoms with Crippen LogP contribution in [0.25, 0.3) is 0 Å². The first-order chi connectivity index (χ1) is 14.7. The van der Waals surface area contributed by atoms with Crippen molar-refractivity contribution in [3.63, 3.8) is 0 Å². The van der Waals surface area contributed by atoms with Gasteiger partial charge < -0.3 is 15.1 Å². The molecule has 3 aliphatic rings. The Kier molecular flexibility index (Phi) is 9.44. The normalized spacial score (nSPS) is 22.7. The number of carbonyl (C=O) groups excluding carboxylic acids is 1. The molecule has 1 amide bonds. The maximum Gasteiger partial charge on any atom is 0.225 e. The highest BCUT2D eigenvalue weighted by atomic mass is 127. The molecule has 7 heteroatoms. The van der Waals surface area contributed by atoms with E-state index in [1.54, 1.807) is 0 Å². The number of guanidine groups is 1. The van der Waals surface area contributed by atoms with Gasteiger partial charge in [0.15, 0.2) is 5.96 Å². The smallest absolute Gasteiger partial charge is 0.225 e. The minimum atomic E-state index is 0. The van der Waals surface area contributed by atoms with E-state index in [-0.39, 0.29) is 24.0 Å². The average Bonchev–Trinajstić information content (AvgIpc) is 3.23. The number of likely N-dealkylation sites (tertiary alicyclic amines) is 1. The number of hydrogen-bond donors (Lipinski definition) is 1. The van der Waals surface area contributed by atoms with Crippen LogP contribution in [0.1, 0.15) is 44.1 Å². The maximum atomic E-state index is 12.4. The van der Waals surface area contributed by atoms with E-state index in [0.717, 1.165) is 77.7 Å². The van der Waals surface area contributed by atoms with Crippen molar-refractivity contribution in [3.05, 3.63) is 35.9 Å². The molecule has 3 fully saturated rings. The molecule has 2 saturated heterocycles. The third kappa shape index (κ3) is 6.34. The molecule has 1 aromatic carbocycles. The third-order valence-corrected chi connectivity index (χ3v) is 6.91. The van der Waals surface area contributed by atoms with Gasteiger partial charge in [-0.25, -0.2) is 0 Å². The highest BCUT2D eigenvalue weighted by Gasteiger charge is 2.31. The summed E-state index contributed by atoms with van der Waals surface area (Å²) in [6, 6.07) is 10.8. The number of carbonyl (C=O) groups is 1. The molecule has 1 saturated carbocycles. The molecule has 1 N–H and O–H groups in total. The van der Waals surface area contributed by atoms with Gasteiger partial charge in [0.1, 0.15) is 0 Å². The Balaban J connectivity index is 0.00000272. The van der Waals surface area contributed by atoms with Crippen LogP contribution in [0.2, 0.25) is 0 Å². The van der Waals surface area contributed by atoms with Gasteiger partial charge in [0.25, 0.3) is 0 Å². The van der Waals surface area contributed by atoms with Gasteiger partial charge in [0, 0.05) is 64.2 Å². The fourth-order valence-electron chi connectivity index (χ4n) is 4.78. The molecule has 0 radical (unpaired) electrons. The van der Waals surface area contributed by atoms with E-state index in [1.807, 2.05) is 0 Å². The highest BCUT2D eigenvalue weighted by Crippen LogP contribution is 2.29. The summed E-state index contributed by atoms with van der Waals surface area (Å²) >= 11 is 0. The summed E-state index contributed by atoms with van der Waals surface area (Å²) in [6.45, 7) is 10.6. The fourth-order valence-corrected chi connectivity index (χ4v) is 4.78. The van der Waals surface area contributed by atoms with Crippen LogP contribution in [0.4, 0.5) is 0 Å². The van der Waals surface area contributed by atoms with Crippen molar-refractivity contribution in [1.29, 1.82) is 0 Å². The molecule has 2 heterocycles. The molecule has 1 atom stereocenters. The zero-order chi connectivity index (χ0) is 20.8. The van der Waals surface area contributed by atoms with Crippen molar-refractivity contribution in [1.82, 2.24) is 20.0 Å². The van der Waals surface area contributed by atoms with Gasteiger partial charge in [0.2, 0.25) is 5.91 Å². The summed E-state index contributed by atoms with van der Waals surface area (Å²) in [5.41, 5.74) is 1.44. The van der Waals surface area contributed by atoms with Gasteiger partial charge in [0.05, 0.1) is 6.54 Å². The van der Waals surface area contributed by atoms with Crippen LogP contribution in [-0.2, 0) is 4.79 Å². The summed E-state index contributed by atoms with van der Waals surface area (Å²) in [7, 11) is 0. The molecular weight excluding hydrogens is 501 g/mol. The van der Waals surface area contributed by atoms with Crippen molar-refractivity contribution >= 4 is 35.8 Å². The van der Waals surface area contributed by atoms with Crippen molar-refractivity contribution < 1.29 is 4.79 Å². The second-order valence-corrected chi connectivity index (χ2v) is 8.87. The molecule has 172 valence electrons. The molecule has 1 aliphatic carbocycles. The first-order valence-corrected chi connectivity index (χ1v) is 11.8. The summed E-state index contributed by atoms with van der Waals surface area (Å²) in [5.74, 6) is 2.37. The lowest BCUT2D eigenvalue weighted by Gasteiger charge is -2.38. The SMILES string of the molecule is CCNC(=NCCN1CCN(C(=O)C2CCC2)CC1)N1CCC(c2ccccc2)C1.I. The number of piperazine rings is 1. The zero-order valence-electron chi connectivity index (χ0n) is 18.8. The molecule has 0 spiro atoms. The molecule has 6 nitrogen and oxygen atoms in total. The van der Waals surface area contributed by atoms with Crippen LogP contribution in [0.15, 0.2) is 35.3 Å². The maximum absolute atomic E-state index is 12.4. The van der Waals surface area contributed by atoms with E-state index < -0.39 is 0 Å². The zero-order valence-corrected chi connectivity index (χ0v) is 21.2. The molecule has 1 aromatic rings. The lowest BCUT2D eigenvalue weighted by molar-refractivity contribution is -0.139. The van der Waals surface area contributed by atoms with Crippen molar-refractivity contribution in [2.75, 3.05) is 58.9 Å². The summed E-state index contributed by atoms with van der Waals surface area (Å²) in [4.78, 5) is 24.3. The number of benzene rings is 1. The van der Waals surface area contributed by atoms with Crippen LogP contribution < -0.4 is 5.32 Å². The Morgan fingerprint density at radius 2 is 1.77 bits per heavy atom. The molecule has 2 aliphatic heterocycles. The second-order valence-electron chi connectivity index (χ2n) is 8.87. The molecule has 0 aromatic heterocycles. The first-order valence-electron chi connectivity index (χ1n) is 11.8. The Bertz CT molecular complexity index is 716. The van der Waals surface area contributed by atoms with E-state index in [9.17, 15) is 4.79 Å². The number of nitrogens with zero attached hydrogens (tertiary/aromatic N) is 4. The third-order valence-electron chi connectivity index (χ3n) is 6.91. The van der Waals surface area contributed by atoms with E-state index in [2.05, 4.69) is 57.3 Å². The van der Waals surface area contributed by atoms with Crippen molar-refractivity contribution in [3.8, 4) is 0 Å². The largest absolute Gasteiger partial charge is 0.357 e. The summed E-state index contributed by atoms with van der Waals surface area (Å²) < 4.78 is 0. The Morgan fingerprint density at radius 3 is 2.42 bits per heavy atom. The summed E-state index contributed by atoms with van der Waals surface area (Å²) in [6.07, 6.45) is 4.61.